The molecule has 0 atom stereocenters. The minimum absolute atomic E-state index is 0.208. The van der Waals surface area contributed by atoms with Crippen LogP contribution in [0.25, 0.3) is 5.52 Å². The third kappa shape index (κ3) is 2.06. The first-order valence-electron chi connectivity index (χ1n) is 6.45. The number of anilines is 1. The molecule has 3 heterocycles. The van der Waals surface area contributed by atoms with Gasteiger partial charge in [0, 0.05) is 18.0 Å². The summed E-state index contributed by atoms with van der Waals surface area (Å²) in [5, 5.41) is 7.03. The van der Waals surface area contributed by atoms with Crippen LogP contribution >= 0.6 is 0 Å². The molecule has 4 rings (SSSR count). The molecule has 104 valence electrons. The maximum Gasteiger partial charge on any atom is 0.276 e. The van der Waals surface area contributed by atoms with Crippen LogP contribution in [-0.4, -0.2) is 22.3 Å². The van der Waals surface area contributed by atoms with Gasteiger partial charge < -0.3 is 14.8 Å². The van der Waals surface area contributed by atoms with E-state index in [1.54, 1.807) is 35.0 Å². The molecule has 0 radical (unpaired) electrons. The quantitative estimate of drug-likeness (QED) is 0.783. The molecule has 1 aliphatic heterocycles. The summed E-state index contributed by atoms with van der Waals surface area (Å²) in [4.78, 5) is 12.2. The fourth-order valence-corrected chi connectivity index (χ4v) is 2.22. The zero-order valence-corrected chi connectivity index (χ0v) is 10.9. The molecule has 6 heteroatoms. The van der Waals surface area contributed by atoms with Crippen LogP contribution in [0.3, 0.4) is 0 Å². The summed E-state index contributed by atoms with van der Waals surface area (Å²) >= 11 is 0. The fraction of sp³-hybridized carbons (Fsp3) is 0.0667. The summed E-state index contributed by atoms with van der Waals surface area (Å²) < 4.78 is 12.2. The Morgan fingerprint density at radius 1 is 1.14 bits per heavy atom. The van der Waals surface area contributed by atoms with E-state index in [9.17, 15) is 4.79 Å². The number of benzene rings is 1. The summed E-state index contributed by atoms with van der Waals surface area (Å²) in [7, 11) is 0. The zero-order valence-electron chi connectivity index (χ0n) is 10.9. The average molecular weight is 281 g/mol. The molecule has 3 aromatic rings. The van der Waals surface area contributed by atoms with Crippen molar-refractivity contribution in [3.05, 3.63) is 54.4 Å². The Balaban J connectivity index is 1.60. The molecule has 2 aromatic heterocycles. The Hall–Kier alpha value is -3.02. The van der Waals surface area contributed by atoms with Gasteiger partial charge in [-0.15, -0.1) is 0 Å². The van der Waals surface area contributed by atoms with E-state index in [0.717, 1.165) is 5.52 Å². The number of ether oxygens (including phenoxy) is 2. The number of aromatic nitrogens is 2. The Labute approximate surface area is 119 Å². The lowest BCUT2D eigenvalue weighted by molar-refractivity contribution is 0.102. The van der Waals surface area contributed by atoms with Gasteiger partial charge in [-0.1, -0.05) is 6.07 Å². The molecule has 1 N–H and O–H groups in total. The second kappa shape index (κ2) is 4.52. The highest BCUT2D eigenvalue weighted by Gasteiger charge is 2.15. The van der Waals surface area contributed by atoms with Gasteiger partial charge in [-0.3, -0.25) is 4.79 Å². The van der Waals surface area contributed by atoms with E-state index in [-0.39, 0.29) is 12.7 Å². The van der Waals surface area contributed by atoms with Crippen molar-refractivity contribution in [2.75, 3.05) is 12.1 Å². The van der Waals surface area contributed by atoms with E-state index < -0.39 is 0 Å². The van der Waals surface area contributed by atoms with Crippen LogP contribution in [0, 0.1) is 0 Å². The molecule has 0 bridgehead atoms. The highest BCUT2D eigenvalue weighted by molar-refractivity contribution is 6.03. The third-order valence-electron chi connectivity index (χ3n) is 3.23. The van der Waals surface area contributed by atoms with E-state index in [1.165, 1.54) is 0 Å². The number of nitrogens with one attached hydrogen (secondary N) is 1. The van der Waals surface area contributed by atoms with E-state index in [1.807, 2.05) is 18.2 Å². The summed E-state index contributed by atoms with van der Waals surface area (Å²) in [5.41, 5.74) is 1.87. The highest BCUT2D eigenvalue weighted by Crippen LogP contribution is 2.34. The lowest BCUT2D eigenvalue weighted by Gasteiger charge is -2.04. The van der Waals surface area contributed by atoms with Crippen LogP contribution in [0.4, 0.5) is 5.69 Å². The predicted molar refractivity (Wildman–Crippen MR) is 75.7 cm³/mol. The van der Waals surface area contributed by atoms with Gasteiger partial charge in [0.2, 0.25) is 6.79 Å². The second-order valence-corrected chi connectivity index (χ2v) is 4.62. The zero-order chi connectivity index (χ0) is 14.2. The molecule has 0 saturated heterocycles. The number of pyridine rings is 1. The van der Waals surface area contributed by atoms with Gasteiger partial charge in [0.15, 0.2) is 17.2 Å². The Morgan fingerprint density at radius 2 is 2.05 bits per heavy atom. The normalized spacial score (nSPS) is 12.6. The molecule has 0 fully saturated rings. The van der Waals surface area contributed by atoms with Crippen molar-refractivity contribution in [1.82, 2.24) is 9.61 Å². The number of hydrogen-bond donors (Lipinski definition) is 1. The van der Waals surface area contributed by atoms with E-state index >= 15 is 0 Å². The maximum absolute atomic E-state index is 12.2. The predicted octanol–water partition coefficient (Wildman–Crippen LogP) is 2.32. The first-order valence-corrected chi connectivity index (χ1v) is 6.45. The average Bonchev–Trinajstić information content (AvgIpc) is 3.13. The SMILES string of the molecule is O=C(Nc1ccc2c(c1)OCO2)c1cc2ccccn2n1. The number of rotatable bonds is 2. The largest absolute Gasteiger partial charge is 0.454 e. The molecule has 1 amide bonds. The third-order valence-corrected chi connectivity index (χ3v) is 3.23. The van der Waals surface area contributed by atoms with Gasteiger partial charge in [-0.25, -0.2) is 4.52 Å². The Bertz CT molecular complexity index is 808. The molecular formula is C15H11N3O3. The van der Waals surface area contributed by atoms with E-state index in [0.29, 0.717) is 22.9 Å². The fourth-order valence-electron chi connectivity index (χ4n) is 2.22. The first kappa shape index (κ1) is 11.8. The number of carbonyl (C=O) groups excluding carboxylic acids is 1. The molecule has 0 aliphatic carbocycles. The summed E-state index contributed by atoms with van der Waals surface area (Å²) in [5.74, 6) is 1.04. The van der Waals surface area contributed by atoms with Crippen molar-refractivity contribution in [1.29, 1.82) is 0 Å². The molecule has 0 spiro atoms. The smallest absolute Gasteiger partial charge is 0.276 e. The van der Waals surface area contributed by atoms with Crippen molar-refractivity contribution >= 4 is 17.1 Å². The van der Waals surface area contributed by atoms with Gasteiger partial charge in [-0.05, 0) is 30.3 Å². The lowest BCUT2D eigenvalue weighted by Crippen LogP contribution is -2.12. The van der Waals surface area contributed by atoms with Crippen molar-refractivity contribution in [3.8, 4) is 11.5 Å². The van der Waals surface area contributed by atoms with E-state index in [2.05, 4.69) is 10.4 Å². The molecule has 0 unspecified atom stereocenters. The van der Waals surface area contributed by atoms with Gasteiger partial charge in [-0.2, -0.15) is 5.10 Å². The van der Waals surface area contributed by atoms with Crippen molar-refractivity contribution in [2.24, 2.45) is 0 Å². The number of hydrogen-bond acceptors (Lipinski definition) is 4. The topological polar surface area (TPSA) is 64.9 Å². The molecule has 0 saturated carbocycles. The summed E-state index contributed by atoms with van der Waals surface area (Å²) in [6, 6.07) is 12.7. The second-order valence-electron chi connectivity index (χ2n) is 4.62. The van der Waals surface area contributed by atoms with E-state index in [4.69, 9.17) is 9.47 Å². The van der Waals surface area contributed by atoms with Crippen LogP contribution in [-0.2, 0) is 0 Å². The summed E-state index contributed by atoms with van der Waals surface area (Å²) in [6.45, 7) is 0.208. The van der Waals surface area contributed by atoms with Crippen molar-refractivity contribution in [3.63, 3.8) is 0 Å². The maximum atomic E-state index is 12.2. The standard InChI is InChI=1S/C15H11N3O3/c19-15(12-8-11-3-1-2-6-18(11)17-12)16-10-4-5-13-14(7-10)21-9-20-13/h1-8H,9H2,(H,16,19). The molecule has 1 aliphatic rings. The van der Waals surface area contributed by atoms with Gasteiger partial charge >= 0.3 is 0 Å². The number of carbonyl (C=O) groups is 1. The van der Waals surface area contributed by atoms with Gasteiger partial charge in [0.25, 0.3) is 5.91 Å². The molecule has 1 aromatic carbocycles. The number of nitrogens with zero attached hydrogens (tertiary/aromatic N) is 2. The molecule has 21 heavy (non-hydrogen) atoms. The lowest BCUT2D eigenvalue weighted by atomic mass is 10.2. The summed E-state index contributed by atoms with van der Waals surface area (Å²) in [6.07, 6.45) is 1.80. The van der Waals surface area contributed by atoms with Crippen LogP contribution in [0.15, 0.2) is 48.7 Å². The minimum Gasteiger partial charge on any atom is -0.454 e. The van der Waals surface area contributed by atoms with Crippen molar-refractivity contribution in [2.45, 2.75) is 0 Å². The van der Waals surface area contributed by atoms with Crippen LogP contribution in [0.2, 0.25) is 0 Å². The van der Waals surface area contributed by atoms with Gasteiger partial charge in [0.1, 0.15) is 0 Å². The highest BCUT2D eigenvalue weighted by atomic mass is 16.7. The molecule has 6 nitrogen and oxygen atoms in total. The van der Waals surface area contributed by atoms with Crippen LogP contribution < -0.4 is 14.8 Å². The van der Waals surface area contributed by atoms with Gasteiger partial charge in [0.05, 0.1) is 5.52 Å². The number of amides is 1. The Kier molecular flexibility index (Phi) is 2.53. The molecular weight excluding hydrogens is 270 g/mol. The minimum atomic E-state index is -0.266. The van der Waals surface area contributed by atoms with Crippen molar-refractivity contribution < 1.29 is 14.3 Å². The Morgan fingerprint density at radius 3 is 2.95 bits per heavy atom. The van der Waals surface area contributed by atoms with Crippen LogP contribution in [0.1, 0.15) is 10.5 Å². The monoisotopic (exact) mass is 281 g/mol. The first-order chi connectivity index (χ1) is 10.3. The number of fused-ring (bicyclic) bond motifs is 2. The van der Waals surface area contributed by atoms with Crippen LogP contribution in [0.5, 0.6) is 11.5 Å².